The van der Waals surface area contributed by atoms with Gasteiger partial charge in [0.05, 0.1) is 11.5 Å². The number of esters is 1. The lowest BCUT2D eigenvalue weighted by Crippen LogP contribution is -2.45. The van der Waals surface area contributed by atoms with Crippen molar-refractivity contribution >= 4 is 11.8 Å². The van der Waals surface area contributed by atoms with Crippen molar-refractivity contribution in [3.63, 3.8) is 0 Å². The molecule has 3 rings (SSSR count). The van der Waals surface area contributed by atoms with Crippen molar-refractivity contribution < 1.29 is 19.1 Å². The summed E-state index contributed by atoms with van der Waals surface area (Å²) in [6.07, 6.45) is 17.2. The topological polar surface area (TPSA) is 52.6 Å². The number of rotatable bonds is 9. The van der Waals surface area contributed by atoms with Crippen LogP contribution >= 0.6 is 0 Å². The van der Waals surface area contributed by atoms with E-state index in [1.165, 1.54) is 70.6 Å². The second kappa shape index (κ2) is 11.8. The molecule has 0 saturated heterocycles. The van der Waals surface area contributed by atoms with Gasteiger partial charge in [-0.2, -0.15) is 0 Å². The van der Waals surface area contributed by atoms with Gasteiger partial charge in [0.1, 0.15) is 0 Å². The molecule has 3 aliphatic carbocycles. The summed E-state index contributed by atoms with van der Waals surface area (Å²) in [6, 6.07) is 0. The molecule has 0 N–H and O–H groups in total. The lowest BCUT2D eigenvalue weighted by molar-refractivity contribution is -0.215. The Hall–Kier alpha value is -0.900. The van der Waals surface area contributed by atoms with Crippen molar-refractivity contribution in [2.24, 2.45) is 23.2 Å². The maximum Gasteiger partial charge on any atom is 0.314 e. The van der Waals surface area contributed by atoms with E-state index in [0.717, 1.165) is 25.7 Å². The molecule has 178 valence electrons. The molecule has 0 heterocycles. The first kappa shape index (κ1) is 24.7. The van der Waals surface area contributed by atoms with Crippen LogP contribution in [0.25, 0.3) is 0 Å². The van der Waals surface area contributed by atoms with Crippen LogP contribution in [0.2, 0.25) is 0 Å². The SMILES string of the molecule is CCC(C)(C)C(=O)OC(OC(C1CCCCC1)C1CCCCC1)C(=O)C1CCCCC1. The first-order chi connectivity index (χ1) is 14.9. The molecule has 0 aliphatic heterocycles. The summed E-state index contributed by atoms with van der Waals surface area (Å²) in [6.45, 7) is 5.79. The van der Waals surface area contributed by atoms with E-state index < -0.39 is 11.7 Å². The summed E-state index contributed by atoms with van der Waals surface area (Å²) < 4.78 is 12.6. The van der Waals surface area contributed by atoms with Crippen molar-refractivity contribution in [2.75, 3.05) is 0 Å². The Morgan fingerprint density at radius 2 is 1.23 bits per heavy atom. The number of hydrogen-bond acceptors (Lipinski definition) is 4. The van der Waals surface area contributed by atoms with E-state index in [9.17, 15) is 9.59 Å². The van der Waals surface area contributed by atoms with E-state index in [1.54, 1.807) is 0 Å². The zero-order valence-electron chi connectivity index (χ0n) is 20.3. The quantitative estimate of drug-likeness (QED) is 0.290. The van der Waals surface area contributed by atoms with Gasteiger partial charge in [0, 0.05) is 5.92 Å². The van der Waals surface area contributed by atoms with Gasteiger partial charge in [-0.3, -0.25) is 9.59 Å². The third kappa shape index (κ3) is 6.79. The molecule has 0 radical (unpaired) electrons. The van der Waals surface area contributed by atoms with Crippen molar-refractivity contribution in [2.45, 2.75) is 136 Å². The number of hydrogen-bond donors (Lipinski definition) is 0. The van der Waals surface area contributed by atoms with E-state index in [0.29, 0.717) is 18.3 Å². The highest BCUT2D eigenvalue weighted by atomic mass is 16.7. The van der Waals surface area contributed by atoms with Crippen LogP contribution in [0.15, 0.2) is 0 Å². The van der Waals surface area contributed by atoms with E-state index in [-0.39, 0.29) is 23.8 Å². The van der Waals surface area contributed by atoms with E-state index in [4.69, 9.17) is 9.47 Å². The summed E-state index contributed by atoms with van der Waals surface area (Å²) in [5.41, 5.74) is -0.598. The lowest BCUT2D eigenvalue weighted by Gasteiger charge is -2.40. The van der Waals surface area contributed by atoms with Crippen LogP contribution in [-0.2, 0) is 19.1 Å². The molecule has 3 aliphatic rings. The minimum atomic E-state index is -1.02. The van der Waals surface area contributed by atoms with Crippen LogP contribution in [0, 0.1) is 23.2 Å². The van der Waals surface area contributed by atoms with Crippen LogP contribution in [0.3, 0.4) is 0 Å². The van der Waals surface area contributed by atoms with Crippen LogP contribution in [0.5, 0.6) is 0 Å². The number of carbonyl (C=O) groups is 2. The molecule has 4 nitrogen and oxygen atoms in total. The number of carbonyl (C=O) groups excluding carboxylic acids is 2. The molecule has 0 spiro atoms. The monoisotopic (exact) mass is 434 g/mol. The highest BCUT2D eigenvalue weighted by Crippen LogP contribution is 2.39. The molecule has 31 heavy (non-hydrogen) atoms. The minimum Gasteiger partial charge on any atom is -0.428 e. The van der Waals surface area contributed by atoms with Gasteiger partial charge < -0.3 is 9.47 Å². The molecule has 1 atom stereocenters. The highest BCUT2D eigenvalue weighted by Gasteiger charge is 2.41. The number of ether oxygens (including phenoxy) is 2. The van der Waals surface area contributed by atoms with Crippen LogP contribution in [0.4, 0.5) is 0 Å². The van der Waals surface area contributed by atoms with Gasteiger partial charge >= 0.3 is 5.97 Å². The smallest absolute Gasteiger partial charge is 0.314 e. The van der Waals surface area contributed by atoms with Crippen LogP contribution < -0.4 is 0 Å². The Morgan fingerprint density at radius 1 is 0.774 bits per heavy atom. The van der Waals surface area contributed by atoms with Gasteiger partial charge in [0.15, 0.2) is 0 Å². The maximum atomic E-state index is 13.5. The molecule has 0 aromatic carbocycles. The van der Waals surface area contributed by atoms with E-state index in [1.807, 2.05) is 20.8 Å². The molecule has 4 heteroatoms. The minimum absolute atomic E-state index is 0.0188. The summed E-state index contributed by atoms with van der Waals surface area (Å²) in [7, 11) is 0. The first-order valence-corrected chi connectivity index (χ1v) is 13.3. The number of ketones is 1. The second-order valence-electron chi connectivity index (χ2n) is 11.1. The normalized spacial score (nSPS) is 23.6. The average molecular weight is 435 g/mol. The van der Waals surface area contributed by atoms with Gasteiger partial charge in [-0.15, -0.1) is 0 Å². The Bertz CT molecular complexity index is 548. The van der Waals surface area contributed by atoms with Gasteiger partial charge in [0.25, 0.3) is 6.29 Å². The zero-order valence-corrected chi connectivity index (χ0v) is 20.3. The number of Topliss-reactive ketones (excluding diaryl/α,β-unsaturated/α-hetero) is 1. The maximum absolute atomic E-state index is 13.5. The molecule has 0 bridgehead atoms. The third-order valence-corrected chi connectivity index (χ3v) is 8.40. The molecular weight excluding hydrogens is 388 g/mol. The Labute approximate surface area is 190 Å². The molecule has 0 aromatic heterocycles. The predicted molar refractivity (Wildman–Crippen MR) is 124 cm³/mol. The van der Waals surface area contributed by atoms with Crippen molar-refractivity contribution in [1.82, 2.24) is 0 Å². The summed E-state index contributed by atoms with van der Waals surface area (Å²) in [4.78, 5) is 26.5. The fourth-order valence-corrected chi connectivity index (χ4v) is 5.81. The van der Waals surface area contributed by atoms with E-state index in [2.05, 4.69) is 0 Å². The molecule has 3 saturated carbocycles. The van der Waals surface area contributed by atoms with Gasteiger partial charge in [0.2, 0.25) is 5.78 Å². The lowest BCUT2D eigenvalue weighted by atomic mass is 9.75. The summed E-state index contributed by atoms with van der Waals surface area (Å²) in [5.74, 6) is 0.703. The predicted octanol–water partition coefficient (Wildman–Crippen LogP) is 6.99. The summed E-state index contributed by atoms with van der Waals surface area (Å²) >= 11 is 0. The Balaban J connectivity index is 1.79. The van der Waals surface area contributed by atoms with Gasteiger partial charge in [-0.1, -0.05) is 64.7 Å². The van der Waals surface area contributed by atoms with Crippen LogP contribution in [-0.4, -0.2) is 24.1 Å². The van der Waals surface area contributed by atoms with Crippen molar-refractivity contribution in [1.29, 1.82) is 0 Å². The van der Waals surface area contributed by atoms with Crippen LogP contribution in [0.1, 0.15) is 124 Å². The fraction of sp³-hybridized carbons (Fsp3) is 0.926. The average Bonchev–Trinajstić information content (AvgIpc) is 2.82. The second-order valence-corrected chi connectivity index (χ2v) is 11.1. The third-order valence-electron chi connectivity index (χ3n) is 8.40. The highest BCUT2D eigenvalue weighted by molar-refractivity contribution is 5.87. The molecule has 1 unspecified atom stereocenters. The van der Waals surface area contributed by atoms with Crippen molar-refractivity contribution in [3.05, 3.63) is 0 Å². The van der Waals surface area contributed by atoms with Gasteiger partial charge in [-0.05, 0) is 70.6 Å². The molecule has 0 amide bonds. The molecular formula is C27H46O4. The van der Waals surface area contributed by atoms with E-state index >= 15 is 0 Å². The standard InChI is InChI=1S/C27H46O4/c1-4-27(2,3)26(29)31-25(23(28)20-14-8-5-9-15-20)30-24(21-16-10-6-11-17-21)22-18-12-7-13-19-22/h20-22,24-25H,4-19H2,1-3H3. The molecule has 3 fully saturated rings. The van der Waals surface area contributed by atoms with Gasteiger partial charge in [-0.25, -0.2) is 0 Å². The summed E-state index contributed by atoms with van der Waals surface area (Å²) in [5, 5.41) is 0. The fourth-order valence-electron chi connectivity index (χ4n) is 5.81. The van der Waals surface area contributed by atoms with Crippen molar-refractivity contribution in [3.8, 4) is 0 Å². The molecule has 0 aromatic rings. The Morgan fingerprint density at radius 3 is 1.68 bits per heavy atom. The Kier molecular flexibility index (Phi) is 9.43. The first-order valence-electron chi connectivity index (χ1n) is 13.3. The zero-order chi connectivity index (χ0) is 22.3. The largest absolute Gasteiger partial charge is 0.428 e.